The van der Waals surface area contributed by atoms with Crippen LogP contribution in [0.25, 0.3) is 0 Å². The van der Waals surface area contributed by atoms with Crippen molar-refractivity contribution in [3.63, 3.8) is 0 Å². The Bertz CT molecular complexity index is 485. The summed E-state index contributed by atoms with van der Waals surface area (Å²) in [7, 11) is 0. The zero-order chi connectivity index (χ0) is 12.8. The number of hydrogen-bond donors (Lipinski definition) is 0. The van der Waals surface area contributed by atoms with Gasteiger partial charge in [0.2, 0.25) is 0 Å². The summed E-state index contributed by atoms with van der Waals surface area (Å²) in [5, 5.41) is 0. The fourth-order valence-electron chi connectivity index (χ4n) is 1.91. The highest BCUT2D eigenvalue weighted by molar-refractivity contribution is 9.09. The summed E-state index contributed by atoms with van der Waals surface area (Å²) < 4.78 is 0. The summed E-state index contributed by atoms with van der Waals surface area (Å²) in [6.45, 7) is 2.17. The Kier molecular flexibility index (Phi) is 4.88. The molecule has 0 saturated carbocycles. The number of alkyl halides is 1. The Morgan fingerprint density at radius 3 is 2.56 bits per heavy atom. The van der Waals surface area contributed by atoms with Gasteiger partial charge in [-0.15, -0.1) is 0 Å². The standard InChI is InChI=1S/C15H17BrN2/c1-2-6-13-9-14(18-11-17-13)10-15(16)12-7-4-3-5-8-12/h3-5,7-9,11,15H,2,6,10H2,1H3. The molecule has 1 aromatic carbocycles. The van der Waals surface area contributed by atoms with E-state index in [1.165, 1.54) is 5.56 Å². The van der Waals surface area contributed by atoms with E-state index in [1.54, 1.807) is 6.33 Å². The number of benzene rings is 1. The summed E-state index contributed by atoms with van der Waals surface area (Å²) in [5.41, 5.74) is 3.52. The molecule has 0 amide bonds. The molecule has 1 unspecified atom stereocenters. The van der Waals surface area contributed by atoms with Crippen LogP contribution < -0.4 is 0 Å². The predicted octanol–water partition coefficient (Wildman–Crippen LogP) is 4.11. The number of hydrogen-bond acceptors (Lipinski definition) is 2. The molecule has 0 spiro atoms. The maximum atomic E-state index is 4.35. The fraction of sp³-hybridized carbons (Fsp3) is 0.333. The molecule has 3 heteroatoms. The topological polar surface area (TPSA) is 25.8 Å². The number of aryl methyl sites for hydroxylation is 1. The van der Waals surface area contributed by atoms with Crippen LogP contribution in [0.2, 0.25) is 0 Å². The van der Waals surface area contributed by atoms with Crippen LogP contribution in [0.4, 0.5) is 0 Å². The highest BCUT2D eigenvalue weighted by Crippen LogP contribution is 2.26. The van der Waals surface area contributed by atoms with E-state index in [0.29, 0.717) is 4.83 Å². The third-order valence-corrected chi connectivity index (χ3v) is 3.69. The molecule has 0 aliphatic heterocycles. The molecule has 0 radical (unpaired) electrons. The van der Waals surface area contributed by atoms with Crippen LogP contribution in [0.15, 0.2) is 42.7 Å². The Labute approximate surface area is 117 Å². The summed E-state index contributed by atoms with van der Waals surface area (Å²) in [6, 6.07) is 12.5. The maximum absolute atomic E-state index is 4.35. The first-order chi connectivity index (χ1) is 8.79. The molecule has 94 valence electrons. The molecule has 1 atom stereocenters. The van der Waals surface area contributed by atoms with Gasteiger partial charge in [0.05, 0.1) is 0 Å². The molecule has 0 N–H and O–H groups in total. The van der Waals surface area contributed by atoms with Crippen molar-refractivity contribution >= 4 is 15.9 Å². The first-order valence-corrected chi connectivity index (χ1v) is 7.20. The van der Waals surface area contributed by atoms with Crippen LogP contribution in [0, 0.1) is 0 Å². The quantitative estimate of drug-likeness (QED) is 0.777. The van der Waals surface area contributed by atoms with E-state index in [9.17, 15) is 0 Å². The van der Waals surface area contributed by atoms with Crippen LogP contribution in [0.3, 0.4) is 0 Å². The molecule has 0 aliphatic rings. The molecule has 18 heavy (non-hydrogen) atoms. The van der Waals surface area contributed by atoms with E-state index in [1.807, 2.05) is 6.07 Å². The van der Waals surface area contributed by atoms with Gasteiger partial charge < -0.3 is 0 Å². The van der Waals surface area contributed by atoms with Crippen molar-refractivity contribution in [2.45, 2.75) is 31.0 Å². The van der Waals surface area contributed by atoms with Gasteiger partial charge in [-0.1, -0.05) is 59.6 Å². The summed E-state index contributed by atoms with van der Waals surface area (Å²) >= 11 is 3.73. The summed E-state index contributed by atoms with van der Waals surface area (Å²) in [6.07, 6.45) is 4.70. The van der Waals surface area contributed by atoms with Gasteiger partial charge >= 0.3 is 0 Å². The molecule has 2 rings (SSSR count). The van der Waals surface area contributed by atoms with Gasteiger partial charge in [-0.3, -0.25) is 0 Å². The van der Waals surface area contributed by atoms with Crippen molar-refractivity contribution in [2.75, 3.05) is 0 Å². The second-order valence-corrected chi connectivity index (χ2v) is 5.44. The van der Waals surface area contributed by atoms with Crippen molar-refractivity contribution < 1.29 is 0 Å². The van der Waals surface area contributed by atoms with Gasteiger partial charge in [0.1, 0.15) is 6.33 Å². The number of aromatic nitrogens is 2. The lowest BCUT2D eigenvalue weighted by Gasteiger charge is -2.10. The number of halogens is 1. The zero-order valence-electron chi connectivity index (χ0n) is 10.5. The van der Waals surface area contributed by atoms with Crippen molar-refractivity contribution in [3.05, 3.63) is 59.7 Å². The molecule has 0 aliphatic carbocycles. The van der Waals surface area contributed by atoms with E-state index in [-0.39, 0.29) is 0 Å². The lowest BCUT2D eigenvalue weighted by Crippen LogP contribution is -2.00. The molecular weight excluding hydrogens is 288 g/mol. The molecule has 1 aromatic heterocycles. The molecule has 0 bridgehead atoms. The second kappa shape index (κ2) is 6.64. The van der Waals surface area contributed by atoms with Gasteiger partial charge in [0, 0.05) is 22.6 Å². The van der Waals surface area contributed by atoms with E-state index in [4.69, 9.17) is 0 Å². The van der Waals surface area contributed by atoms with Gasteiger partial charge in [0.25, 0.3) is 0 Å². The molecule has 2 aromatic rings. The Balaban J connectivity index is 2.07. The van der Waals surface area contributed by atoms with Crippen LogP contribution in [-0.2, 0) is 12.8 Å². The number of nitrogens with zero attached hydrogens (tertiary/aromatic N) is 2. The molecule has 2 nitrogen and oxygen atoms in total. The zero-order valence-corrected chi connectivity index (χ0v) is 12.1. The lowest BCUT2D eigenvalue weighted by atomic mass is 10.1. The lowest BCUT2D eigenvalue weighted by molar-refractivity contribution is 0.836. The number of rotatable bonds is 5. The predicted molar refractivity (Wildman–Crippen MR) is 77.8 cm³/mol. The second-order valence-electron chi connectivity index (χ2n) is 4.33. The van der Waals surface area contributed by atoms with Crippen molar-refractivity contribution in [1.82, 2.24) is 9.97 Å². The van der Waals surface area contributed by atoms with Gasteiger partial charge in [-0.2, -0.15) is 0 Å². The third kappa shape index (κ3) is 3.64. The van der Waals surface area contributed by atoms with Gasteiger partial charge in [-0.25, -0.2) is 9.97 Å². The normalized spacial score (nSPS) is 12.3. The average molecular weight is 305 g/mol. The van der Waals surface area contributed by atoms with Gasteiger partial charge in [-0.05, 0) is 18.1 Å². The summed E-state index contributed by atoms with van der Waals surface area (Å²) in [5.74, 6) is 0. The van der Waals surface area contributed by atoms with Crippen molar-refractivity contribution in [1.29, 1.82) is 0 Å². The molecular formula is C15H17BrN2. The van der Waals surface area contributed by atoms with Crippen LogP contribution in [0.1, 0.15) is 35.1 Å². The van der Waals surface area contributed by atoms with Crippen LogP contribution >= 0.6 is 15.9 Å². The minimum Gasteiger partial charge on any atom is -0.241 e. The minimum atomic E-state index is 0.308. The molecule has 1 heterocycles. The minimum absolute atomic E-state index is 0.308. The Morgan fingerprint density at radius 1 is 1.11 bits per heavy atom. The smallest absolute Gasteiger partial charge is 0.115 e. The summed E-state index contributed by atoms with van der Waals surface area (Å²) in [4.78, 5) is 8.94. The van der Waals surface area contributed by atoms with E-state index in [0.717, 1.165) is 30.7 Å². The van der Waals surface area contributed by atoms with Crippen LogP contribution in [-0.4, -0.2) is 9.97 Å². The van der Waals surface area contributed by atoms with Gasteiger partial charge in [0.15, 0.2) is 0 Å². The van der Waals surface area contributed by atoms with E-state index in [2.05, 4.69) is 63.2 Å². The average Bonchev–Trinajstić information content (AvgIpc) is 2.40. The highest BCUT2D eigenvalue weighted by Gasteiger charge is 2.09. The molecule has 0 fully saturated rings. The maximum Gasteiger partial charge on any atom is 0.115 e. The van der Waals surface area contributed by atoms with Crippen LogP contribution in [0.5, 0.6) is 0 Å². The highest BCUT2D eigenvalue weighted by atomic mass is 79.9. The Hall–Kier alpha value is -1.22. The van der Waals surface area contributed by atoms with Crippen molar-refractivity contribution in [3.8, 4) is 0 Å². The molecule has 0 saturated heterocycles. The third-order valence-electron chi connectivity index (χ3n) is 2.84. The van der Waals surface area contributed by atoms with E-state index < -0.39 is 0 Å². The first-order valence-electron chi connectivity index (χ1n) is 6.28. The SMILES string of the molecule is CCCc1cc(CC(Br)c2ccccc2)ncn1. The largest absolute Gasteiger partial charge is 0.241 e. The van der Waals surface area contributed by atoms with E-state index >= 15 is 0 Å². The monoisotopic (exact) mass is 304 g/mol. The first kappa shape index (κ1) is 13.2. The fourth-order valence-corrected chi connectivity index (χ4v) is 2.55. The Morgan fingerprint density at radius 2 is 1.83 bits per heavy atom. The van der Waals surface area contributed by atoms with Crippen molar-refractivity contribution in [2.24, 2.45) is 0 Å².